The fourth-order valence-corrected chi connectivity index (χ4v) is 7.92. The van der Waals surface area contributed by atoms with Crippen LogP contribution in [0.15, 0.2) is 0 Å². The second kappa shape index (κ2) is 10.1. The maximum atomic E-state index is 13.3. The van der Waals surface area contributed by atoms with Gasteiger partial charge in [-0.25, -0.2) is 4.79 Å². The highest BCUT2D eigenvalue weighted by Crippen LogP contribution is 2.36. The first kappa shape index (κ1) is 24.7. The van der Waals surface area contributed by atoms with E-state index in [0.717, 1.165) is 52.0 Å². The van der Waals surface area contributed by atoms with Crippen molar-refractivity contribution in [3.8, 4) is 0 Å². The van der Waals surface area contributed by atoms with E-state index in [1.807, 2.05) is 37.4 Å². The Hall–Kier alpha value is -1.03. The van der Waals surface area contributed by atoms with Gasteiger partial charge in [0, 0.05) is 50.1 Å². The van der Waals surface area contributed by atoms with Gasteiger partial charge in [-0.2, -0.15) is 0 Å². The number of piperidine rings is 1. The SMILES string of the molecule is CC(C)(C)OC(=O)N1CCC(CNC2NC3CCN(C(=O)C4CC5CCCCC5N4)CC3S2)C1. The topological polar surface area (TPSA) is 85.9 Å². The van der Waals surface area contributed by atoms with Gasteiger partial charge in [0.25, 0.3) is 0 Å². The Kier molecular flexibility index (Phi) is 7.36. The highest BCUT2D eigenvalue weighted by molar-refractivity contribution is 8.00. The van der Waals surface area contributed by atoms with Crippen LogP contribution in [0.25, 0.3) is 0 Å². The molecule has 5 fully saturated rings. The zero-order valence-corrected chi connectivity index (χ0v) is 21.9. The maximum absolute atomic E-state index is 13.3. The van der Waals surface area contributed by atoms with E-state index in [1.54, 1.807) is 0 Å². The molecule has 8 nitrogen and oxygen atoms in total. The lowest BCUT2D eigenvalue weighted by molar-refractivity contribution is -0.134. The Morgan fingerprint density at radius 3 is 2.59 bits per heavy atom. The van der Waals surface area contributed by atoms with Crippen molar-refractivity contribution in [1.82, 2.24) is 25.8 Å². The van der Waals surface area contributed by atoms with Crippen molar-refractivity contribution in [2.24, 2.45) is 11.8 Å². The summed E-state index contributed by atoms with van der Waals surface area (Å²) in [6, 6.07) is 1.07. The third kappa shape index (κ3) is 5.68. The second-order valence-electron chi connectivity index (χ2n) is 12.0. The van der Waals surface area contributed by atoms with Gasteiger partial charge in [0.2, 0.25) is 5.91 Å². The van der Waals surface area contributed by atoms with Crippen molar-refractivity contribution in [2.75, 3.05) is 32.7 Å². The normalized spacial score (nSPS) is 38.0. The number of hydrogen-bond acceptors (Lipinski definition) is 7. The number of fused-ring (bicyclic) bond motifs is 2. The molecule has 192 valence electrons. The first-order chi connectivity index (χ1) is 16.2. The van der Waals surface area contributed by atoms with Gasteiger partial charge in [0.15, 0.2) is 0 Å². The smallest absolute Gasteiger partial charge is 0.410 e. The summed E-state index contributed by atoms with van der Waals surface area (Å²) in [5.41, 5.74) is -0.233. The number of nitrogens with one attached hydrogen (secondary N) is 3. The highest BCUT2D eigenvalue weighted by atomic mass is 32.2. The molecule has 9 heteroatoms. The molecule has 4 heterocycles. The number of carbonyl (C=O) groups excluding carboxylic acids is 2. The van der Waals surface area contributed by atoms with Crippen molar-refractivity contribution in [2.45, 2.75) is 100 Å². The molecule has 34 heavy (non-hydrogen) atoms. The molecule has 7 unspecified atom stereocenters. The van der Waals surface area contributed by atoms with Gasteiger partial charge in [0.1, 0.15) is 11.1 Å². The van der Waals surface area contributed by atoms with Crippen LogP contribution in [0.1, 0.15) is 65.7 Å². The molecule has 5 rings (SSSR count). The lowest BCUT2D eigenvalue weighted by Crippen LogP contribution is -2.54. The Balaban J connectivity index is 1.05. The molecule has 5 aliphatic rings. The lowest BCUT2D eigenvalue weighted by Gasteiger charge is -2.35. The molecule has 0 radical (unpaired) electrons. The minimum absolute atomic E-state index is 0.0354. The molecule has 0 bridgehead atoms. The molecule has 1 saturated carbocycles. The van der Waals surface area contributed by atoms with E-state index >= 15 is 0 Å². The van der Waals surface area contributed by atoms with Gasteiger partial charge in [0.05, 0.1) is 6.04 Å². The quantitative estimate of drug-likeness (QED) is 0.554. The number of likely N-dealkylation sites (tertiary alicyclic amines) is 2. The van der Waals surface area contributed by atoms with Crippen molar-refractivity contribution in [3.05, 3.63) is 0 Å². The zero-order valence-electron chi connectivity index (χ0n) is 21.1. The third-order valence-electron chi connectivity index (χ3n) is 8.24. The second-order valence-corrected chi connectivity index (χ2v) is 13.3. The number of nitrogens with zero attached hydrogens (tertiary/aromatic N) is 2. The predicted molar refractivity (Wildman–Crippen MR) is 134 cm³/mol. The van der Waals surface area contributed by atoms with E-state index in [1.165, 1.54) is 25.7 Å². The third-order valence-corrected chi connectivity index (χ3v) is 9.64. The first-order valence-corrected chi connectivity index (χ1v) is 14.4. The number of hydrogen-bond donors (Lipinski definition) is 3. The maximum Gasteiger partial charge on any atom is 0.410 e. The Labute approximate surface area is 208 Å². The molecule has 0 spiro atoms. The largest absolute Gasteiger partial charge is 0.444 e. The van der Waals surface area contributed by atoms with E-state index in [-0.39, 0.29) is 17.6 Å². The van der Waals surface area contributed by atoms with Crippen LogP contribution in [0.5, 0.6) is 0 Å². The van der Waals surface area contributed by atoms with Gasteiger partial charge in [-0.3, -0.25) is 15.4 Å². The molecule has 4 aliphatic heterocycles. The number of rotatable bonds is 4. The minimum atomic E-state index is -0.449. The summed E-state index contributed by atoms with van der Waals surface area (Å²) in [5.74, 6) is 1.49. The summed E-state index contributed by atoms with van der Waals surface area (Å²) in [7, 11) is 0. The molecule has 7 atom stereocenters. The Morgan fingerprint density at radius 1 is 1.00 bits per heavy atom. The Morgan fingerprint density at radius 2 is 1.79 bits per heavy atom. The lowest BCUT2D eigenvalue weighted by atomic mass is 9.85. The molecule has 1 aliphatic carbocycles. The minimum Gasteiger partial charge on any atom is -0.444 e. The molecule has 4 saturated heterocycles. The fraction of sp³-hybridized carbons (Fsp3) is 0.920. The standard InChI is InChI=1S/C25H43N5O3S/c1-25(2,3)33-24(32)30-10-8-16(14-30)13-26-23-28-19-9-11-29(15-21(19)34-23)22(31)20-12-17-6-4-5-7-18(17)27-20/h16-21,23,26-28H,4-15H2,1-3H3. The first-order valence-electron chi connectivity index (χ1n) is 13.4. The van der Waals surface area contributed by atoms with Crippen LogP contribution < -0.4 is 16.0 Å². The fourth-order valence-electron chi connectivity index (χ4n) is 6.46. The number of thioether (sulfide) groups is 1. The van der Waals surface area contributed by atoms with Gasteiger partial charge in [-0.1, -0.05) is 12.8 Å². The average molecular weight is 494 g/mol. The summed E-state index contributed by atoms with van der Waals surface area (Å²) >= 11 is 1.93. The van der Waals surface area contributed by atoms with Crippen molar-refractivity contribution < 1.29 is 14.3 Å². The summed E-state index contributed by atoms with van der Waals surface area (Å²) in [6.45, 7) is 9.86. The summed E-state index contributed by atoms with van der Waals surface area (Å²) in [6.07, 6.45) is 8.03. The van der Waals surface area contributed by atoms with E-state index in [0.29, 0.717) is 35.1 Å². The van der Waals surface area contributed by atoms with E-state index in [9.17, 15) is 9.59 Å². The monoisotopic (exact) mass is 493 g/mol. The number of carbonyl (C=O) groups is 2. The van der Waals surface area contributed by atoms with Gasteiger partial charge in [-0.15, -0.1) is 11.8 Å². The van der Waals surface area contributed by atoms with E-state index < -0.39 is 5.60 Å². The van der Waals surface area contributed by atoms with Crippen LogP contribution in [0.2, 0.25) is 0 Å². The molecule has 0 aromatic rings. The van der Waals surface area contributed by atoms with Crippen LogP contribution in [0, 0.1) is 11.8 Å². The molecular formula is C25H43N5O3S. The molecule has 0 aromatic carbocycles. The van der Waals surface area contributed by atoms with Crippen LogP contribution in [0.3, 0.4) is 0 Å². The Bertz CT molecular complexity index is 747. The van der Waals surface area contributed by atoms with Gasteiger partial charge < -0.3 is 19.9 Å². The molecule has 0 aromatic heterocycles. The average Bonchev–Trinajstić information content (AvgIpc) is 3.52. The van der Waals surface area contributed by atoms with Gasteiger partial charge in [-0.05, 0) is 64.7 Å². The number of ether oxygens (including phenoxy) is 1. The molecule has 3 N–H and O–H groups in total. The number of amides is 2. The summed E-state index contributed by atoms with van der Waals surface area (Å²) < 4.78 is 5.52. The zero-order chi connectivity index (χ0) is 23.9. The van der Waals surface area contributed by atoms with Crippen molar-refractivity contribution in [1.29, 1.82) is 0 Å². The molecule has 2 amide bonds. The van der Waals surface area contributed by atoms with Gasteiger partial charge >= 0.3 is 6.09 Å². The van der Waals surface area contributed by atoms with Crippen LogP contribution >= 0.6 is 11.8 Å². The highest BCUT2D eigenvalue weighted by Gasteiger charge is 2.44. The van der Waals surface area contributed by atoms with E-state index in [2.05, 4.69) is 20.9 Å². The van der Waals surface area contributed by atoms with E-state index in [4.69, 9.17) is 4.74 Å². The van der Waals surface area contributed by atoms with Crippen LogP contribution in [-0.2, 0) is 9.53 Å². The predicted octanol–water partition coefficient (Wildman–Crippen LogP) is 2.34. The summed E-state index contributed by atoms with van der Waals surface area (Å²) in [5, 5.41) is 11.5. The van der Waals surface area contributed by atoms with Crippen LogP contribution in [0.4, 0.5) is 4.79 Å². The van der Waals surface area contributed by atoms with Crippen molar-refractivity contribution >= 4 is 23.8 Å². The summed E-state index contributed by atoms with van der Waals surface area (Å²) in [4.78, 5) is 29.5. The van der Waals surface area contributed by atoms with Crippen LogP contribution in [-0.4, -0.2) is 89.0 Å². The molecular weight excluding hydrogens is 450 g/mol. The van der Waals surface area contributed by atoms with Crippen molar-refractivity contribution in [3.63, 3.8) is 0 Å².